The third kappa shape index (κ3) is 7.21. The van der Waals surface area contributed by atoms with Gasteiger partial charge >= 0.3 is 5.97 Å². The van der Waals surface area contributed by atoms with Crippen LogP contribution in [0, 0.1) is 0 Å². The van der Waals surface area contributed by atoms with Crippen molar-refractivity contribution in [2.75, 3.05) is 0 Å². The number of carbonyl (C=O) groups is 1. The lowest BCUT2D eigenvalue weighted by Crippen LogP contribution is -2.36. The highest BCUT2D eigenvalue weighted by atomic mass is 28.4. The van der Waals surface area contributed by atoms with E-state index in [9.17, 15) is 9.90 Å². The van der Waals surface area contributed by atoms with Gasteiger partial charge < -0.3 is 14.0 Å². The van der Waals surface area contributed by atoms with Gasteiger partial charge in [-0.3, -0.25) is 0 Å². The highest BCUT2D eigenvalue weighted by molar-refractivity contribution is 6.85. The lowest BCUT2D eigenvalue weighted by atomic mass is 10.1. The lowest BCUT2D eigenvalue weighted by Gasteiger charge is -2.31. The molecule has 1 N–H and O–H groups in total. The Morgan fingerprint density at radius 2 is 1.48 bits per heavy atom. The molecule has 0 aromatic heterocycles. The molecule has 0 saturated heterocycles. The van der Waals surface area contributed by atoms with Crippen molar-refractivity contribution in [2.24, 2.45) is 0 Å². The predicted octanol–water partition coefficient (Wildman–Crippen LogP) is 5.42. The third-order valence-corrected chi connectivity index (χ3v) is 6.66. The monoisotopic (exact) mass is 396 g/mol. The van der Waals surface area contributed by atoms with Gasteiger partial charge in [0, 0.05) is 0 Å². The Kier molecular flexibility index (Phi) is 6.52. The van der Waals surface area contributed by atoms with Crippen molar-refractivity contribution in [2.45, 2.75) is 58.9 Å². The molecular weight excluding hydrogens is 364 g/mol. The van der Waals surface area contributed by atoms with Crippen LogP contribution in [0.5, 0.6) is 5.75 Å². The van der Waals surface area contributed by atoms with Crippen molar-refractivity contribution in [3.63, 3.8) is 0 Å². The van der Waals surface area contributed by atoms with Gasteiger partial charge in [0.25, 0.3) is 0 Å². The first kappa shape index (κ1) is 21.7. The van der Waals surface area contributed by atoms with Crippen molar-refractivity contribution in [3.8, 4) is 5.75 Å². The quantitative estimate of drug-likeness (QED) is 0.379. The van der Waals surface area contributed by atoms with E-state index in [0.29, 0.717) is 10.9 Å². The van der Waals surface area contributed by atoms with Crippen molar-refractivity contribution >= 4 is 36.3 Å². The molecule has 0 spiro atoms. The van der Waals surface area contributed by atoms with Gasteiger partial charge in [0.1, 0.15) is 13.8 Å². The maximum atomic E-state index is 12.1. The molecule has 0 aliphatic carbocycles. The Hall–Kier alpha value is -1.32. The van der Waals surface area contributed by atoms with E-state index in [0.717, 1.165) is 5.75 Å². The number of carboxylic acid groups (broad SMARTS) is 1. The average Bonchev–Trinajstić information content (AvgIpc) is 2.33. The number of hydrogen-bond donors (Lipinski definition) is 1. The van der Waals surface area contributed by atoms with E-state index < -0.39 is 30.7 Å². The molecule has 1 aromatic rings. The van der Waals surface area contributed by atoms with Crippen LogP contribution in [0.25, 0.3) is 5.57 Å². The van der Waals surface area contributed by atoms with Crippen molar-refractivity contribution in [3.05, 3.63) is 35.2 Å². The highest BCUT2D eigenvalue weighted by Crippen LogP contribution is 2.31. The zero-order valence-electron chi connectivity index (χ0n) is 17.0. The molecule has 0 heterocycles. The largest absolute Gasteiger partial charge is 0.550 e. The molecular formula is C18H32O4Si3. The number of rotatable bonds is 7. The second-order valence-corrected chi connectivity index (χ2v) is 23.0. The molecule has 0 aliphatic heterocycles. The zero-order valence-corrected chi connectivity index (χ0v) is 20.0. The Balaban J connectivity index is 3.57. The van der Waals surface area contributed by atoms with E-state index in [-0.39, 0.29) is 5.57 Å². The summed E-state index contributed by atoms with van der Waals surface area (Å²) in [6, 6.07) is 7.39. The van der Waals surface area contributed by atoms with Gasteiger partial charge in [-0.1, -0.05) is 31.8 Å². The second kappa shape index (κ2) is 7.51. The van der Waals surface area contributed by atoms with Gasteiger partial charge in [0.2, 0.25) is 16.6 Å². The fourth-order valence-electron chi connectivity index (χ4n) is 2.31. The van der Waals surface area contributed by atoms with E-state index in [4.69, 9.17) is 8.85 Å². The van der Waals surface area contributed by atoms with Gasteiger partial charge in [-0.15, -0.1) is 0 Å². The molecule has 140 valence electrons. The Labute approximate surface area is 155 Å². The van der Waals surface area contributed by atoms with Gasteiger partial charge in [-0.2, -0.15) is 0 Å². The van der Waals surface area contributed by atoms with E-state index in [1.807, 2.05) is 24.3 Å². The summed E-state index contributed by atoms with van der Waals surface area (Å²) in [4.78, 5) is 12.1. The van der Waals surface area contributed by atoms with E-state index in [1.54, 1.807) is 0 Å². The maximum Gasteiger partial charge on any atom is 0.339 e. The van der Waals surface area contributed by atoms with E-state index in [1.165, 1.54) is 0 Å². The van der Waals surface area contributed by atoms with Crippen LogP contribution >= 0.6 is 0 Å². The molecule has 0 aliphatic rings. The molecule has 0 fully saturated rings. The summed E-state index contributed by atoms with van der Waals surface area (Å²) in [5, 5.41) is 10.6. The van der Waals surface area contributed by atoms with Crippen LogP contribution in [0.4, 0.5) is 0 Å². The fraction of sp³-hybridized carbons (Fsp3) is 0.500. The first-order chi connectivity index (χ1) is 11.1. The van der Waals surface area contributed by atoms with E-state index in [2.05, 4.69) is 58.9 Å². The molecule has 0 bridgehead atoms. The normalized spacial score (nSPS) is 14.0. The summed E-state index contributed by atoms with van der Waals surface area (Å²) in [6.07, 6.45) is 0. The average molecular weight is 397 g/mol. The Morgan fingerprint density at radius 3 is 1.88 bits per heavy atom. The summed E-state index contributed by atoms with van der Waals surface area (Å²) in [7, 11) is -5.69. The van der Waals surface area contributed by atoms with Crippen LogP contribution in [-0.4, -0.2) is 35.8 Å². The molecule has 7 heteroatoms. The van der Waals surface area contributed by atoms with Crippen LogP contribution < -0.4 is 4.43 Å². The van der Waals surface area contributed by atoms with Gasteiger partial charge in [-0.05, 0) is 57.0 Å². The van der Waals surface area contributed by atoms with Gasteiger partial charge in [-0.25, -0.2) is 4.79 Å². The summed E-state index contributed by atoms with van der Waals surface area (Å²) in [5.41, 5.74) is 0.932. The zero-order chi connectivity index (χ0) is 19.6. The van der Waals surface area contributed by atoms with Crippen LogP contribution in [-0.2, 0) is 9.22 Å². The van der Waals surface area contributed by atoms with Crippen LogP contribution in [0.2, 0.25) is 58.9 Å². The minimum absolute atomic E-state index is 0.280. The molecule has 0 amide bonds. The number of aliphatic carboxylic acids is 1. The summed E-state index contributed by atoms with van der Waals surface area (Å²) in [5.74, 6) is -0.223. The molecule has 25 heavy (non-hydrogen) atoms. The smallest absolute Gasteiger partial charge is 0.339 e. The number of carboxylic acids is 1. The molecule has 1 rings (SSSR count). The second-order valence-electron chi connectivity index (χ2n) is 9.22. The number of benzene rings is 1. The van der Waals surface area contributed by atoms with Gasteiger partial charge in [0.15, 0.2) is 0 Å². The molecule has 4 nitrogen and oxygen atoms in total. The molecule has 0 unspecified atom stereocenters. The fourth-order valence-corrected chi connectivity index (χ4v) is 7.00. The van der Waals surface area contributed by atoms with Crippen molar-refractivity contribution < 1.29 is 18.8 Å². The molecule has 0 saturated carbocycles. The minimum atomic E-state index is -1.99. The summed E-state index contributed by atoms with van der Waals surface area (Å²) >= 11 is 0. The van der Waals surface area contributed by atoms with Crippen LogP contribution in [0.15, 0.2) is 29.6 Å². The first-order valence-electron chi connectivity index (χ1n) is 8.57. The SMILES string of the molecule is C[Si](C)(C)O/C(=C(\C(=O)O)c1cccc(O[Si](C)(C)C)c1)[Si](C)(C)C. The Bertz CT molecular complexity index is 662. The highest BCUT2D eigenvalue weighted by Gasteiger charge is 2.33. The summed E-state index contributed by atoms with van der Waals surface area (Å²) < 4.78 is 12.3. The standard InChI is InChI=1S/C18H32O4Si3/c1-23(2,3)18(22-25(7,8)9)16(17(19)20)14-11-10-12-15(13-14)21-24(4,5)6/h10-13H,1-9H3,(H,19,20)/b18-16+. The lowest BCUT2D eigenvalue weighted by molar-refractivity contribution is -0.130. The van der Waals surface area contributed by atoms with Crippen LogP contribution in [0.3, 0.4) is 0 Å². The predicted molar refractivity (Wildman–Crippen MR) is 113 cm³/mol. The minimum Gasteiger partial charge on any atom is -0.550 e. The van der Waals surface area contributed by atoms with Crippen LogP contribution in [0.1, 0.15) is 5.56 Å². The molecule has 0 atom stereocenters. The molecule has 1 aromatic carbocycles. The van der Waals surface area contributed by atoms with E-state index >= 15 is 0 Å². The number of hydrogen-bond acceptors (Lipinski definition) is 3. The van der Waals surface area contributed by atoms with Crippen molar-refractivity contribution in [1.29, 1.82) is 0 Å². The molecule has 0 radical (unpaired) electrons. The van der Waals surface area contributed by atoms with Gasteiger partial charge in [0.05, 0.1) is 11.0 Å². The summed E-state index contributed by atoms with van der Waals surface area (Å²) in [6.45, 7) is 18.9. The third-order valence-electron chi connectivity index (χ3n) is 3.08. The topological polar surface area (TPSA) is 55.8 Å². The van der Waals surface area contributed by atoms with Crippen molar-refractivity contribution in [1.82, 2.24) is 0 Å². The Morgan fingerprint density at radius 1 is 0.920 bits per heavy atom. The first-order valence-corrected chi connectivity index (χ1v) is 18.9. The maximum absolute atomic E-state index is 12.1.